The molecule has 0 unspecified atom stereocenters. The molecule has 0 aromatic heterocycles. The molecule has 0 radical (unpaired) electrons. The van der Waals surface area contributed by atoms with E-state index < -0.39 is 6.04 Å². The third-order valence-corrected chi connectivity index (χ3v) is 4.80. The molecule has 0 saturated carbocycles. The van der Waals surface area contributed by atoms with Gasteiger partial charge in [0.05, 0.1) is 13.2 Å². The summed E-state index contributed by atoms with van der Waals surface area (Å²) < 4.78 is 5.44. The van der Waals surface area contributed by atoms with Gasteiger partial charge in [0.25, 0.3) is 0 Å². The van der Waals surface area contributed by atoms with Crippen molar-refractivity contribution in [3.05, 3.63) is 0 Å². The van der Waals surface area contributed by atoms with Gasteiger partial charge >= 0.3 is 0 Å². The van der Waals surface area contributed by atoms with Crippen molar-refractivity contribution >= 4 is 11.8 Å². The van der Waals surface area contributed by atoms with Crippen molar-refractivity contribution in [2.24, 2.45) is 11.8 Å². The molecule has 22 heavy (non-hydrogen) atoms. The summed E-state index contributed by atoms with van der Waals surface area (Å²) in [6, 6.07) is -0.421. The molecular weight excluding hydrogens is 280 g/mol. The van der Waals surface area contributed by atoms with Crippen LogP contribution in [0.2, 0.25) is 0 Å². The Labute approximate surface area is 134 Å². The number of rotatable bonds is 4. The molecule has 5 nitrogen and oxygen atoms in total. The predicted octanol–water partition coefficient (Wildman–Crippen LogP) is 1.91. The van der Waals surface area contributed by atoms with Crippen molar-refractivity contribution in [3.63, 3.8) is 0 Å². The molecule has 2 rings (SSSR count). The van der Waals surface area contributed by atoms with Crippen LogP contribution in [0.5, 0.6) is 0 Å². The van der Waals surface area contributed by atoms with E-state index >= 15 is 0 Å². The number of piperidine rings is 1. The Morgan fingerprint density at radius 3 is 2.73 bits per heavy atom. The molecule has 2 aliphatic rings. The Morgan fingerprint density at radius 1 is 1.27 bits per heavy atom. The first-order valence-corrected chi connectivity index (χ1v) is 8.62. The van der Waals surface area contributed by atoms with E-state index in [1.54, 1.807) is 4.90 Å². The van der Waals surface area contributed by atoms with E-state index in [2.05, 4.69) is 13.8 Å². The quantitative estimate of drug-likeness (QED) is 0.797. The number of carbonyl (C=O) groups is 2. The first kappa shape index (κ1) is 17.3. The maximum Gasteiger partial charge on any atom is 0.247 e. The summed E-state index contributed by atoms with van der Waals surface area (Å²) in [4.78, 5) is 28.2. The number of hydrogen-bond acceptors (Lipinski definition) is 3. The number of ether oxygens (including phenoxy) is 1. The summed E-state index contributed by atoms with van der Waals surface area (Å²) in [5.74, 6) is 1.36. The third-order valence-electron chi connectivity index (χ3n) is 4.80. The van der Waals surface area contributed by atoms with E-state index in [9.17, 15) is 9.59 Å². The van der Waals surface area contributed by atoms with Gasteiger partial charge in [-0.2, -0.15) is 0 Å². The molecule has 0 aromatic rings. The highest BCUT2D eigenvalue weighted by Crippen LogP contribution is 2.24. The minimum atomic E-state index is -0.421. The first-order valence-electron chi connectivity index (χ1n) is 8.62. The smallest absolute Gasteiger partial charge is 0.247 e. The standard InChI is InChI=1S/C17H30N2O3/c1-13(2)6-7-15-5-4-8-18(11-15)17(21)16-12-22-10-9-19(16)14(3)20/h13,15-16H,4-12H2,1-3H3/t15-,16-/m1/s1. The Balaban J connectivity index is 1.94. The Kier molecular flexibility index (Phi) is 6.24. The van der Waals surface area contributed by atoms with Gasteiger partial charge < -0.3 is 14.5 Å². The molecule has 2 amide bonds. The summed E-state index contributed by atoms with van der Waals surface area (Å²) in [5, 5.41) is 0. The van der Waals surface area contributed by atoms with Crippen LogP contribution >= 0.6 is 0 Å². The van der Waals surface area contributed by atoms with E-state index in [-0.39, 0.29) is 11.8 Å². The summed E-state index contributed by atoms with van der Waals surface area (Å²) in [6.07, 6.45) is 4.70. The molecular formula is C17H30N2O3. The predicted molar refractivity (Wildman–Crippen MR) is 85.4 cm³/mol. The second kappa shape index (κ2) is 7.95. The largest absolute Gasteiger partial charge is 0.377 e. The highest BCUT2D eigenvalue weighted by atomic mass is 16.5. The Bertz CT molecular complexity index is 397. The first-order chi connectivity index (χ1) is 10.5. The number of nitrogens with zero attached hydrogens (tertiary/aromatic N) is 2. The molecule has 2 aliphatic heterocycles. The average Bonchev–Trinajstić information content (AvgIpc) is 2.52. The van der Waals surface area contributed by atoms with Gasteiger partial charge in [0, 0.05) is 26.6 Å². The maximum atomic E-state index is 12.8. The number of amides is 2. The fourth-order valence-corrected chi connectivity index (χ4v) is 3.47. The zero-order valence-electron chi connectivity index (χ0n) is 14.2. The van der Waals surface area contributed by atoms with Gasteiger partial charge in [0.1, 0.15) is 6.04 Å². The van der Waals surface area contributed by atoms with Crippen LogP contribution < -0.4 is 0 Å². The second-order valence-electron chi connectivity index (χ2n) is 7.07. The van der Waals surface area contributed by atoms with Gasteiger partial charge in [-0.3, -0.25) is 9.59 Å². The lowest BCUT2D eigenvalue weighted by atomic mass is 9.90. The highest BCUT2D eigenvalue weighted by Gasteiger charge is 2.35. The van der Waals surface area contributed by atoms with Crippen LogP contribution in [0.3, 0.4) is 0 Å². The van der Waals surface area contributed by atoms with Crippen LogP contribution in [-0.4, -0.2) is 60.5 Å². The lowest BCUT2D eigenvalue weighted by Crippen LogP contribution is -2.57. The van der Waals surface area contributed by atoms with Crippen molar-refractivity contribution < 1.29 is 14.3 Å². The van der Waals surface area contributed by atoms with Crippen molar-refractivity contribution in [1.29, 1.82) is 0 Å². The molecule has 126 valence electrons. The van der Waals surface area contributed by atoms with Crippen molar-refractivity contribution in [2.45, 2.75) is 52.5 Å². The molecule has 0 aliphatic carbocycles. The SMILES string of the molecule is CC(=O)N1CCOC[C@@H]1C(=O)N1CCC[C@H](CCC(C)C)C1. The van der Waals surface area contributed by atoms with Gasteiger partial charge in [-0.25, -0.2) is 0 Å². The van der Waals surface area contributed by atoms with Crippen LogP contribution in [0.1, 0.15) is 46.5 Å². The minimum Gasteiger partial charge on any atom is -0.377 e. The highest BCUT2D eigenvalue weighted by molar-refractivity contribution is 5.87. The zero-order valence-corrected chi connectivity index (χ0v) is 14.2. The molecule has 2 saturated heterocycles. The molecule has 0 aromatic carbocycles. The minimum absolute atomic E-state index is 0.0324. The van der Waals surface area contributed by atoms with Crippen LogP contribution in [0.15, 0.2) is 0 Å². The number of hydrogen-bond donors (Lipinski definition) is 0. The number of carbonyl (C=O) groups excluding carboxylic acids is 2. The summed E-state index contributed by atoms with van der Waals surface area (Å²) in [5.41, 5.74) is 0. The van der Waals surface area contributed by atoms with Gasteiger partial charge in [-0.05, 0) is 31.1 Å². The lowest BCUT2D eigenvalue weighted by Gasteiger charge is -2.40. The molecule has 2 heterocycles. The van der Waals surface area contributed by atoms with Gasteiger partial charge in [-0.15, -0.1) is 0 Å². The van der Waals surface area contributed by atoms with Crippen molar-refractivity contribution in [2.75, 3.05) is 32.8 Å². The summed E-state index contributed by atoms with van der Waals surface area (Å²) >= 11 is 0. The summed E-state index contributed by atoms with van der Waals surface area (Å²) in [7, 11) is 0. The molecule has 5 heteroatoms. The number of morpholine rings is 1. The normalized spacial score (nSPS) is 26.4. The van der Waals surface area contributed by atoms with E-state index in [0.717, 1.165) is 19.5 Å². The molecule has 0 bridgehead atoms. The average molecular weight is 310 g/mol. The van der Waals surface area contributed by atoms with Gasteiger partial charge in [0.2, 0.25) is 11.8 Å². The monoisotopic (exact) mass is 310 g/mol. The molecule has 2 fully saturated rings. The van der Waals surface area contributed by atoms with Gasteiger partial charge in [-0.1, -0.05) is 20.3 Å². The van der Waals surface area contributed by atoms with Crippen molar-refractivity contribution in [1.82, 2.24) is 9.80 Å². The van der Waals surface area contributed by atoms with Crippen molar-refractivity contribution in [3.8, 4) is 0 Å². The summed E-state index contributed by atoms with van der Waals surface area (Å²) in [6.45, 7) is 9.08. The van der Waals surface area contributed by atoms with E-state index in [4.69, 9.17) is 4.74 Å². The Hall–Kier alpha value is -1.10. The van der Waals surface area contributed by atoms with E-state index in [1.165, 1.54) is 26.2 Å². The van der Waals surface area contributed by atoms with E-state index in [0.29, 0.717) is 31.6 Å². The van der Waals surface area contributed by atoms with Crippen LogP contribution in [-0.2, 0) is 14.3 Å². The zero-order chi connectivity index (χ0) is 16.1. The van der Waals surface area contributed by atoms with Gasteiger partial charge in [0.15, 0.2) is 0 Å². The third kappa shape index (κ3) is 4.45. The second-order valence-corrected chi connectivity index (χ2v) is 7.07. The molecule has 0 N–H and O–H groups in total. The van der Waals surface area contributed by atoms with Crippen LogP contribution in [0.25, 0.3) is 0 Å². The van der Waals surface area contributed by atoms with E-state index in [1.807, 2.05) is 4.90 Å². The maximum absolute atomic E-state index is 12.8. The fourth-order valence-electron chi connectivity index (χ4n) is 3.47. The van der Waals surface area contributed by atoms with Crippen LogP contribution in [0, 0.1) is 11.8 Å². The lowest BCUT2D eigenvalue weighted by molar-refractivity contribution is -0.154. The molecule has 0 spiro atoms. The Morgan fingerprint density at radius 2 is 2.05 bits per heavy atom. The molecule has 2 atom stereocenters. The fraction of sp³-hybridized carbons (Fsp3) is 0.882. The topological polar surface area (TPSA) is 49.9 Å². The van der Waals surface area contributed by atoms with Crippen LogP contribution in [0.4, 0.5) is 0 Å². The number of likely N-dealkylation sites (tertiary alicyclic amines) is 1.